The van der Waals surface area contributed by atoms with Crippen LogP contribution in [0, 0.1) is 0 Å². The van der Waals surface area contributed by atoms with E-state index in [-0.39, 0.29) is 6.04 Å². The van der Waals surface area contributed by atoms with Crippen molar-refractivity contribution in [3.8, 4) is 0 Å². The molecule has 0 aliphatic carbocycles. The third-order valence-electron chi connectivity index (χ3n) is 7.63. The smallest absolute Gasteiger partial charge is 0.170 e. The topological polar surface area (TPSA) is 22.6 Å². The first-order valence-corrected chi connectivity index (χ1v) is 14.7. The highest BCUT2D eigenvalue weighted by Gasteiger charge is 2.48. The summed E-state index contributed by atoms with van der Waals surface area (Å²) >= 11 is 13.2. The van der Waals surface area contributed by atoms with Crippen molar-refractivity contribution in [3.05, 3.63) is 94.3 Å². The summed E-state index contributed by atoms with van der Waals surface area (Å²) < 4.78 is 7.71. The van der Waals surface area contributed by atoms with Crippen LogP contribution in [0.15, 0.2) is 67.0 Å². The molecule has 2 unspecified atom stereocenters. The van der Waals surface area contributed by atoms with E-state index in [0.29, 0.717) is 5.92 Å². The molecule has 0 N–H and O–H groups in total. The highest BCUT2D eigenvalue weighted by atomic mass is 35.5. The second kappa shape index (κ2) is 8.48. The Balaban J connectivity index is 1.40. The molecule has 6 rings (SSSR count). The van der Waals surface area contributed by atoms with Gasteiger partial charge in [-0.15, -0.1) is 0 Å². The van der Waals surface area contributed by atoms with Gasteiger partial charge in [-0.2, -0.15) is 0 Å². The number of pyridine rings is 1. The van der Waals surface area contributed by atoms with Gasteiger partial charge in [-0.3, -0.25) is 4.98 Å². The number of anilines is 1. The van der Waals surface area contributed by atoms with Gasteiger partial charge in [0.05, 0.1) is 6.04 Å². The van der Waals surface area contributed by atoms with Crippen molar-refractivity contribution in [2.24, 2.45) is 0 Å². The Hall–Kier alpha value is -1.75. The van der Waals surface area contributed by atoms with E-state index in [2.05, 4.69) is 74.6 Å². The van der Waals surface area contributed by atoms with Gasteiger partial charge in [0.2, 0.25) is 0 Å². The molecule has 0 spiro atoms. The van der Waals surface area contributed by atoms with Crippen molar-refractivity contribution in [2.75, 3.05) is 31.4 Å². The zero-order valence-electron chi connectivity index (χ0n) is 18.8. The van der Waals surface area contributed by atoms with Gasteiger partial charge in [0.25, 0.3) is 0 Å². The lowest BCUT2D eigenvalue weighted by atomic mass is 9.89. The van der Waals surface area contributed by atoms with Gasteiger partial charge in [-0.05, 0) is 89.6 Å². The lowest BCUT2D eigenvalue weighted by Gasteiger charge is -2.57. The average molecular weight is 495 g/mol. The first-order valence-electron chi connectivity index (χ1n) is 11.7. The Bertz CT molecular complexity index is 1230. The fourth-order valence-corrected chi connectivity index (χ4v) is 10.6. The molecular formula is C26H28ClN4PS. The molecule has 1 fully saturated rings. The Morgan fingerprint density at radius 1 is 0.970 bits per heavy atom. The molecule has 170 valence electrons. The second-order valence-corrected chi connectivity index (χ2v) is 13.9. The summed E-state index contributed by atoms with van der Waals surface area (Å²) in [5, 5.41) is 0.790. The number of hydrogen-bond acceptors (Lipinski definition) is 2. The van der Waals surface area contributed by atoms with Gasteiger partial charge in [-0.25, -0.2) is 9.34 Å². The van der Waals surface area contributed by atoms with Crippen molar-refractivity contribution in [1.29, 1.82) is 0 Å². The molecule has 3 aromatic rings. The van der Waals surface area contributed by atoms with Crippen molar-refractivity contribution in [3.63, 3.8) is 0 Å². The van der Waals surface area contributed by atoms with E-state index < -0.39 is 6.49 Å². The Labute approximate surface area is 206 Å². The van der Waals surface area contributed by atoms with E-state index in [9.17, 15) is 0 Å². The van der Waals surface area contributed by atoms with E-state index in [1.807, 2.05) is 18.5 Å². The predicted molar refractivity (Wildman–Crippen MR) is 141 cm³/mol. The van der Waals surface area contributed by atoms with Crippen LogP contribution in [0.25, 0.3) is 0 Å². The highest BCUT2D eigenvalue weighted by Crippen LogP contribution is 2.67. The minimum atomic E-state index is -2.15. The summed E-state index contributed by atoms with van der Waals surface area (Å²) in [6.45, 7) is 0.891. The molecule has 7 heteroatoms. The molecule has 2 aromatic carbocycles. The highest BCUT2D eigenvalue weighted by molar-refractivity contribution is 8.13. The van der Waals surface area contributed by atoms with Crippen LogP contribution < -0.4 is 4.67 Å². The van der Waals surface area contributed by atoms with Gasteiger partial charge in [-0.1, -0.05) is 35.9 Å². The molecule has 0 bridgehead atoms. The number of piperidine rings is 1. The monoisotopic (exact) mass is 494 g/mol. The first kappa shape index (κ1) is 21.8. The molecule has 4 nitrogen and oxygen atoms in total. The maximum absolute atomic E-state index is 6.73. The van der Waals surface area contributed by atoms with Crippen LogP contribution in [0.5, 0.6) is 0 Å². The fraction of sp³-hybridized carbons (Fsp3) is 0.346. The fourth-order valence-electron chi connectivity index (χ4n) is 5.96. The third kappa shape index (κ3) is 3.48. The first-order chi connectivity index (χ1) is 16.1. The number of benzene rings is 2. The van der Waals surface area contributed by atoms with Gasteiger partial charge in [0.1, 0.15) is 0 Å². The molecule has 1 saturated heterocycles. The van der Waals surface area contributed by atoms with E-state index in [0.717, 1.165) is 43.9 Å². The Morgan fingerprint density at radius 3 is 2.52 bits per heavy atom. The summed E-state index contributed by atoms with van der Waals surface area (Å²) in [6.07, 6.45) is 7.14. The van der Waals surface area contributed by atoms with Crippen LogP contribution >= 0.6 is 18.1 Å². The molecule has 4 heterocycles. The summed E-state index contributed by atoms with van der Waals surface area (Å²) in [7, 11) is 2.21. The van der Waals surface area contributed by atoms with E-state index in [4.69, 9.17) is 23.4 Å². The van der Waals surface area contributed by atoms with Crippen LogP contribution in [-0.4, -0.2) is 41.0 Å². The lowest BCUT2D eigenvalue weighted by molar-refractivity contribution is 0.285. The largest absolute Gasteiger partial charge is 0.323 e. The van der Waals surface area contributed by atoms with Crippen LogP contribution in [0.4, 0.5) is 5.69 Å². The molecule has 3 aliphatic heterocycles. The number of halogens is 1. The number of hydrogen-bond donors (Lipinski definition) is 0. The van der Waals surface area contributed by atoms with Crippen LogP contribution in [0.2, 0.25) is 5.02 Å². The van der Waals surface area contributed by atoms with Crippen molar-refractivity contribution in [1.82, 2.24) is 14.3 Å². The van der Waals surface area contributed by atoms with Crippen molar-refractivity contribution in [2.45, 2.75) is 31.2 Å². The third-order valence-corrected chi connectivity index (χ3v) is 13.2. The maximum Gasteiger partial charge on any atom is 0.170 e. The van der Waals surface area contributed by atoms with Crippen LogP contribution in [-0.2, 0) is 18.2 Å². The molecule has 33 heavy (non-hydrogen) atoms. The predicted octanol–water partition coefficient (Wildman–Crippen LogP) is 6.24. The second-order valence-electron chi connectivity index (χ2n) is 9.26. The molecule has 3 aliphatic rings. The minimum Gasteiger partial charge on any atom is -0.323 e. The van der Waals surface area contributed by atoms with Crippen LogP contribution in [0.1, 0.15) is 47.1 Å². The number of aromatic nitrogens is 1. The number of fused-ring (bicyclic) bond motifs is 5. The van der Waals surface area contributed by atoms with Crippen molar-refractivity contribution >= 4 is 35.6 Å². The van der Waals surface area contributed by atoms with Crippen molar-refractivity contribution < 1.29 is 0 Å². The van der Waals surface area contributed by atoms with Gasteiger partial charge >= 0.3 is 0 Å². The average Bonchev–Trinajstić information content (AvgIpc) is 2.87. The maximum atomic E-state index is 6.73. The minimum absolute atomic E-state index is 0.170. The summed E-state index contributed by atoms with van der Waals surface area (Å²) in [4.78, 5) is 4.20. The van der Waals surface area contributed by atoms with Gasteiger partial charge in [0.15, 0.2) is 6.49 Å². The molecule has 0 amide bonds. The summed E-state index contributed by atoms with van der Waals surface area (Å²) in [6, 6.07) is 19.7. The quantitative estimate of drug-likeness (QED) is 0.392. The standard InChI is InChI=1S/C26H28ClN4PS/c1-29-25-7-6-22(27)18-24(25)26-23-5-3-2-4-21(23)12-17-31(26)32(29,33)30-15-10-20(11-16-30)19-8-13-28-14-9-19/h2-9,13-14,18,20,26H,10-12,15-17H2,1H3. The molecule has 0 saturated carbocycles. The number of nitrogens with zero attached hydrogens (tertiary/aromatic N) is 4. The Kier molecular flexibility index (Phi) is 5.59. The van der Waals surface area contributed by atoms with E-state index in [1.165, 1.54) is 27.9 Å². The normalized spacial score (nSPS) is 25.9. The SMILES string of the molecule is CN1c2ccc(Cl)cc2C2c3ccccc3CCN2P1(=S)N1CCC(c2ccncc2)CC1. The van der Waals surface area contributed by atoms with E-state index in [1.54, 1.807) is 0 Å². The van der Waals surface area contributed by atoms with E-state index >= 15 is 0 Å². The zero-order valence-corrected chi connectivity index (χ0v) is 21.2. The molecule has 1 aromatic heterocycles. The summed E-state index contributed by atoms with van der Waals surface area (Å²) in [5.41, 5.74) is 6.75. The zero-order chi connectivity index (χ0) is 22.6. The molecular weight excluding hydrogens is 467 g/mol. The lowest BCUT2D eigenvalue weighted by Crippen LogP contribution is -2.49. The Morgan fingerprint density at radius 2 is 1.73 bits per heavy atom. The summed E-state index contributed by atoms with van der Waals surface area (Å²) in [5.74, 6) is 0.588. The van der Waals surface area contributed by atoms with Gasteiger partial charge in [0, 0.05) is 49.8 Å². The van der Waals surface area contributed by atoms with Gasteiger partial charge < -0.3 is 4.67 Å². The number of rotatable bonds is 2. The molecule has 0 radical (unpaired) electrons. The molecule has 2 atom stereocenters. The van der Waals surface area contributed by atoms with Crippen LogP contribution in [0.3, 0.4) is 0 Å².